The summed E-state index contributed by atoms with van der Waals surface area (Å²) in [5.41, 5.74) is 1.90. The van der Waals surface area contributed by atoms with E-state index in [1.54, 1.807) is 11.0 Å². The van der Waals surface area contributed by atoms with E-state index < -0.39 is 0 Å². The van der Waals surface area contributed by atoms with E-state index in [4.69, 9.17) is 23.2 Å². The summed E-state index contributed by atoms with van der Waals surface area (Å²) in [6, 6.07) is 14.8. The summed E-state index contributed by atoms with van der Waals surface area (Å²) in [5.74, 6) is -0.0118. The molecule has 26 heavy (non-hydrogen) atoms. The van der Waals surface area contributed by atoms with Gasteiger partial charge in [-0.3, -0.25) is 9.59 Å². The molecule has 136 valence electrons. The van der Waals surface area contributed by atoms with Crippen molar-refractivity contribution in [3.05, 3.63) is 69.7 Å². The van der Waals surface area contributed by atoms with Gasteiger partial charge in [0.1, 0.15) is 0 Å². The van der Waals surface area contributed by atoms with E-state index in [9.17, 15) is 9.59 Å². The SMILES string of the molecule is O=C1CC(c2ccccc2)N(C(=O)CCc2cc(Cl)cc(Cl)c2)CCN1. The smallest absolute Gasteiger partial charge is 0.223 e. The van der Waals surface area contributed by atoms with Gasteiger partial charge >= 0.3 is 0 Å². The molecule has 4 nitrogen and oxygen atoms in total. The molecule has 1 unspecified atom stereocenters. The number of hydrogen-bond donors (Lipinski definition) is 1. The molecule has 2 aromatic carbocycles. The fourth-order valence-electron chi connectivity index (χ4n) is 3.25. The Hall–Kier alpha value is -2.04. The standard InChI is InChI=1S/C20H20Cl2N2O2/c21-16-10-14(11-17(22)12-16)6-7-20(26)24-9-8-23-19(25)13-18(24)15-4-2-1-3-5-15/h1-5,10-12,18H,6-9,13H2,(H,23,25). The summed E-state index contributed by atoms with van der Waals surface area (Å²) in [6.45, 7) is 0.970. The highest BCUT2D eigenvalue weighted by molar-refractivity contribution is 6.34. The van der Waals surface area contributed by atoms with Crippen molar-refractivity contribution >= 4 is 35.0 Å². The van der Waals surface area contributed by atoms with Crippen molar-refractivity contribution in [2.45, 2.75) is 25.3 Å². The third-order valence-corrected chi connectivity index (χ3v) is 4.92. The zero-order valence-electron chi connectivity index (χ0n) is 14.3. The molecule has 2 amide bonds. The van der Waals surface area contributed by atoms with Crippen molar-refractivity contribution in [3.63, 3.8) is 0 Å². The fourth-order valence-corrected chi connectivity index (χ4v) is 3.82. The van der Waals surface area contributed by atoms with Crippen molar-refractivity contribution in [1.29, 1.82) is 0 Å². The van der Waals surface area contributed by atoms with Crippen molar-refractivity contribution in [2.75, 3.05) is 13.1 Å². The molecule has 0 bridgehead atoms. The lowest BCUT2D eigenvalue weighted by atomic mass is 10.0. The number of halogens is 2. The molecule has 3 rings (SSSR count). The van der Waals surface area contributed by atoms with Crippen LogP contribution >= 0.6 is 23.2 Å². The van der Waals surface area contributed by atoms with Crippen molar-refractivity contribution < 1.29 is 9.59 Å². The molecule has 0 spiro atoms. The molecule has 6 heteroatoms. The van der Waals surface area contributed by atoms with E-state index in [-0.39, 0.29) is 24.3 Å². The first-order chi connectivity index (χ1) is 12.5. The first-order valence-electron chi connectivity index (χ1n) is 8.59. The molecule has 1 heterocycles. The first-order valence-corrected chi connectivity index (χ1v) is 9.34. The van der Waals surface area contributed by atoms with Gasteiger partial charge in [0.15, 0.2) is 0 Å². The van der Waals surface area contributed by atoms with E-state index in [0.29, 0.717) is 36.0 Å². The van der Waals surface area contributed by atoms with Crippen molar-refractivity contribution in [2.24, 2.45) is 0 Å². The Kier molecular flexibility index (Phi) is 6.17. The molecule has 0 radical (unpaired) electrons. The minimum absolute atomic E-state index is 0.0199. The number of aryl methyl sites for hydroxylation is 1. The zero-order valence-corrected chi connectivity index (χ0v) is 15.8. The van der Waals surface area contributed by atoms with Crippen LogP contribution in [0.3, 0.4) is 0 Å². The Morgan fingerprint density at radius 2 is 1.81 bits per heavy atom. The van der Waals surface area contributed by atoms with Crippen LogP contribution in [0.2, 0.25) is 10.0 Å². The van der Waals surface area contributed by atoms with Crippen LogP contribution in [0.1, 0.15) is 30.0 Å². The van der Waals surface area contributed by atoms with Crippen LogP contribution in [0.25, 0.3) is 0 Å². The van der Waals surface area contributed by atoms with Gasteiger partial charge in [-0.15, -0.1) is 0 Å². The third-order valence-electron chi connectivity index (χ3n) is 4.48. The van der Waals surface area contributed by atoms with E-state index in [2.05, 4.69) is 5.32 Å². The summed E-state index contributed by atoms with van der Waals surface area (Å²) in [7, 11) is 0. The molecule has 1 N–H and O–H groups in total. The highest BCUT2D eigenvalue weighted by Gasteiger charge is 2.29. The van der Waals surface area contributed by atoms with Gasteiger partial charge in [-0.25, -0.2) is 0 Å². The van der Waals surface area contributed by atoms with E-state index in [0.717, 1.165) is 11.1 Å². The Labute approximate surface area is 163 Å². The predicted octanol–water partition coefficient (Wildman–Crippen LogP) is 4.02. The quantitative estimate of drug-likeness (QED) is 0.856. The summed E-state index contributed by atoms with van der Waals surface area (Å²) in [5, 5.41) is 3.97. The number of benzene rings is 2. The second kappa shape index (κ2) is 8.56. The average Bonchev–Trinajstić information content (AvgIpc) is 2.81. The van der Waals surface area contributed by atoms with Gasteiger partial charge in [0.2, 0.25) is 11.8 Å². The van der Waals surface area contributed by atoms with Crippen molar-refractivity contribution in [1.82, 2.24) is 10.2 Å². The topological polar surface area (TPSA) is 49.4 Å². The molecular weight excluding hydrogens is 371 g/mol. The Morgan fingerprint density at radius 1 is 1.12 bits per heavy atom. The van der Waals surface area contributed by atoms with Gasteiger partial charge in [0.05, 0.1) is 12.5 Å². The maximum Gasteiger partial charge on any atom is 0.223 e. The molecule has 2 aromatic rings. The highest BCUT2D eigenvalue weighted by Crippen LogP contribution is 2.27. The van der Waals surface area contributed by atoms with Crippen LogP contribution in [0, 0.1) is 0 Å². The van der Waals surface area contributed by atoms with Crippen LogP contribution < -0.4 is 5.32 Å². The summed E-state index contributed by atoms with van der Waals surface area (Å²) >= 11 is 12.1. The van der Waals surface area contributed by atoms with E-state index in [1.807, 2.05) is 42.5 Å². The second-order valence-corrected chi connectivity index (χ2v) is 7.22. The zero-order chi connectivity index (χ0) is 18.5. The van der Waals surface area contributed by atoms with Gasteiger partial charge in [-0.1, -0.05) is 53.5 Å². The van der Waals surface area contributed by atoms with Gasteiger partial charge in [0.25, 0.3) is 0 Å². The Morgan fingerprint density at radius 3 is 2.50 bits per heavy atom. The molecule has 1 saturated heterocycles. The van der Waals surface area contributed by atoms with Crippen molar-refractivity contribution in [3.8, 4) is 0 Å². The molecule has 0 saturated carbocycles. The number of rotatable bonds is 4. The van der Waals surface area contributed by atoms with Gasteiger partial charge < -0.3 is 10.2 Å². The maximum atomic E-state index is 12.9. The number of carbonyl (C=O) groups is 2. The predicted molar refractivity (Wildman–Crippen MR) is 103 cm³/mol. The summed E-state index contributed by atoms with van der Waals surface area (Å²) < 4.78 is 0. The molecule has 1 atom stereocenters. The third kappa shape index (κ3) is 4.77. The second-order valence-electron chi connectivity index (χ2n) is 6.35. The number of carbonyl (C=O) groups excluding carboxylic acids is 2. The van der Waals surface area contributed by atoms with Crippen LogP contribution in [-0.4, -0.2) is 29.8 Å². The molecule has 0 aliphatic carbocycles. The van der Waals surface area contributed by atoms with Gasteiger partial charge in [0, 0.05) is 29.6 Å². The number of nitrogens with one attached hydrogen (secondary N) is 1. The minimum Gasteiger partial charge on any atom is -0.354 e. The normalized spacial score (nSPS) is 17.5. The van der Waals surface area contributed by atoms with Gasteiger partial charge in [-0.2, -0.15) is 0 Å². The first kappa shape index (κ1) is 18.7. The number of nitrogens with zero attached hydrogens (tertiary/aromatic N) is 1. The Bertz CT molecular complexity index is 775. The van der Waals surface area contributed by atoms with Crippen LogP contribution in [0.5, 0.6) is 0 Å². The van der Waals surface area contributed by atoms with Gasteiger partial charge in [-0.05, 0) is 35.7 Å². The van der Waals surface area contributed by atoms with E-state index in [1.165, 1.54) is 0 Å². The monoisotopic (exact) mass is 390 g/mol. The lowest BCUT2D eigenvalue weighted by molar-refractivity contribution is -0.133. The summed E-state index contributed by atoms with van der Waals surface area (Å²) in [6.07, 6.45) is 1.17. The molecular formula is C20H20Cl2N2O2. The van der Waals surface area contributed by atoms with Crippen LogP contribution in [0.4, 0.5) is 0 Å². The van der Waals surface area contributed by atoms with E-state index >= 15 is 0 Å². The molecule has 1 aliphatic heterocycles. The Balaban J connectivity index is 1.75. The molecule has 1 fully saturated rings. The molecule has 0 aromatic heterocycles. The largest absolute Gasteiger partial charge is 0.354 e. The lowest BCUT2D eigenvalue weighted by Crippen LogP contribution is -2.36. The number of hydrogen-bond acceptors (Lipinski definition) is 2. The molecule has 1 aliphatic rings. The highest BCUT2D eigenvalue weighted by atomic mass is 35.5. The number of amides is 2. The fraction of sp³-hybridized carbons (Fsp3) is 0.300. The van der Waals surface area contributed by atoms with Crippen LogP contribution in [0.15, 0.2) is 48.5 Å². The minimum atomic E-state index is -0.242. The maximum absolute atomic E-state index is 12.9. The lowest BCUT2D eigenvalue weighted by Gasteiger charge is -2.29. The average molecular weight is 391 g/mol. The summed E-state index contributed by atoms with van der Waals surface area (Å²) in [4.78, 5) is 26.7. The van der Waals surface area contributed by atoms with Crippen LogP contribution in [-0.2, 0) is 16.0 Å².